The minimum atomic E-state index is -0.217. The Hall–Kier alpha value is -1.77. The molecule has 2 aromatic rings. The minimum absolute atomic E-state index is 0.0822. The highest BCUT2D eigenvalue weighted by Gasteiger charge is 2.21. The Kier molecular flexibility index (Phi) is 5.37. The summed E-state index contributed by atoms with van der Waals surface area (Å²) in [4.78, 5) is 15.2. The van der Waals surface area contributed by atoms with E-state index in [4.69, 9.17) is 4.74 Å². The fraction of sp³-hybridized carbons (Fsp3) is 0.533. The van der Waals surface area contributed by atoms with E-state index in [0.717, 1.165) is 24.3 Å². The molecule has 1 fully saturated rings. The summed E-state index contributed by atoms with van der Waals surface area (Å²) < 4.78 is 7.23. The number of carbonyl (C=O) groups is 1. The summed E-state index contributed by atoms with van der Waals surface area (Å²) in [6.45, 7) is 2.06. The Bertz CT molecular complexity index is 622. The first-order valence-electron chi connectivity index (χ1n) is 7.70. The Morgan fingerprint density at radius 3 is 3.17 bits per heavy atom. The number of carbonyl (C=O) groups excluding carboxylic acids is 1. The summed E-state index contributed by atoms with van der Waals surface area (Å²) in [7, 11) is 0. The van der Waals surface area contributed by atoms with Crippen LogP contribution >= 0.6 is 11.3 Å². The van der Waals surface area contributed by atoms with E-state index < -0.39 is 0 Å². The quantitative estimate of drug-likeness (QED) is 0.820. The lowest BCUT2D eigenvalue weighted by atomic mass is 10.2. The van der Waals surface area contributed by atoms with Crippen LogP contribution in [0.2, 0.25) is 0 Å². The predicted molar refractivity (Wildman–Crippen MR) is 85.1 cm³/mol. The Morgan fingerprint density at radius 2 is 2.48 bits per heavy atom. The number of hydrogen-bond acceptors (Lipinski definition) is 6. The molecule has 1 aliphatic heterocycles. The molecule has 1 amide bonds. The molecule has 0 unspecified atom stereocenters. The van der Waals surface area contributed by atoms with Crippen LogP contribution in [0.4, 0.5) is 0 Å². The summed E-state index contributed by atoms with van der Waals surface area (Å²) in [6.07, 6.45) is 3.89. The number of amides is 1. The summed E-state index contributed by atoms with van der Waals surface area (Å²) in [5, 5.41) is 19.2. The van der Waals surface area contributed by atoms with Crippen LogP contribution in [0.1, 0.15) is 28.2 Å². The van der Waals surface area contributed by atoms with E-state index in [9.17, 15) is 9.90 Å². The van der Waals surface area contributed by atoms with Gasteiger partial charge in [-0.25, -0.2) is 4.68 Å². The zero-order chi connectivity index (χ0) is 16.1. The second kappa shape index (κ2) is 7.67. The summed E-state index contributed by atoms with van der Waals surface area (Å²) in [5.41, 5.74) is 0.299. The minimum Gasteiger partial charge on any atom is -0.395 e. The van der Waals surface area contributed by atoms with Crippen molar-refractivity contribution in [1.82, 2.24) is 19.9 Å². The molecule has 0 bridgehead atoms. The Morgan fingerprint density at radius 1 is 1.57 bits per heavy atom. The van der Waals surface area contributed by atoms with E-state index in [-0.39, 0.29) is 25.2 Å². The van der Waals surface area contributed by atoms with Gasteiger partial charge in [0.2, 0.25) is 0 Å². The van der Waals surface area contributed by atoms with Gasteiger partial charge in [-0.1, -0.05) is 11.3 Å². The summed E-state index contributed by atoms with van der Waals surface area (Å²) >= 11 is 1.58. The van der Waals surface area contributed by atoms with Gasteiger partial charge in [0.1, 0.15) is 0 Å². The number of thiophene rings is 1. The van der Waals surface area contributed by atoms with Crippen LogP contribution < -0.4 is 0 Å². The Balaban J connectivity index is 1.65. The van der Waals surface area contributed by atoms with Crippen LogP contribution in [0.5, 0.6) is 0 Å². The maximum Gasteiger partial charge on any atom is 0.276 e. The van der Waals surface area contributed by atoms with Gasteiger partial charge in [-0.2, -0.15) is 0 Å². The number of aromatic nitrogens is 3. The monoisotopic (exact) mass is 336 g/mol. The van der Waals surface area contributed by atoms with Crippen molar-refractivity contribution in [1.29, 1.82) is 0 Å². The maximum absolute atomic E-state index is 12.6. The number of rotatable bonds is 7. The van der Waals surface area contributed by atoms with Crippen LogP contribution in [-0.2, 0) is 17.8 Å². The van der Waals surface area contributed by atoms with Gasteiger partial charge >= 0.3 is 0 Å². The second-order valence-corrected chi connectivity index (χ2v) is 6.52. The number of nitrogens with zero attached hydrogens (tertiary/aromatic N) is 4. The first-order valence-corrected chi connectivity index (χ1v) is 8.58. The normalized spacial score (nSPS) is 17.5. The molecule has 0 saturated carbocycles. The van der Waals surface area contributed by atoms with Gasteiger partial charge in [-0.05, 0) is 24.3 Å². The van der Waals surface area contributed by atoms with Crippen LogP contribution in [0.3, 0.4) is 0 Å². The van der Waals surface area contributed by atoms with E-state index >= 15 is 0 Å². The maximum atomic E-state index is 12.6. The van der Waals surface area contributed by atoms with Crippen molar-refractivity contribution < 1.29 is 14.6 Å². The van der Waals surface area contributed by atoms with E-state index in [1.807, 2.05) is 17.5 Å². The number of hydrogen-bond donors (Lipinski definition) is 1. The molecular weight excluding hydrogens is 316 g/mol. The molecule has 1 atom stereocenters. The topological polar surface area (TPSA) is 80.5 Å². The van der Waals surface area contributed by atoms with E-state index in [0.29, 0.717) is 18.8 Å². The molecule has 3 heterocycles. The molecule has 0 spiro atoms. The molecule has 2 aromatic heterocycles. The molecule has 8 heteroatoms. The van der Waals surface area contributed by atoms with Crippen LogP contribution in [0, 0.1) is 0 Å². The van der Waals surface area contributed by atoms with Crippen LogP contribution in [-0.4, -0.2) is 56.8 Å². The third-order valence-corrected chi connectivity index (χ3v) is 4.62. The number of ether oxygens (including phenoxy) is 1. The smallest absolute Gasteiger partial charge is 0.276 e. The highest BCUT2D eigenvalue weighted by Crippen LogP contribution is 2.15. The molecule has 7 nitrogen and oxygen atoms in total. The lowest BCUT2D eigenvalue weighted by Gasteiger charge is -2.19. The van der Waals surface area contributed by atoms with Gasteiger partial charge < -0.3 is 14.7 Å². The SMILES string of the molecule is O=C(c1cn(C[C@H]2CCCO2)nn1)N(CCO)Cc1cccs1. The van der Waals surface area contributed by atoms with Gasteiger partial charge in [-0.3, -0.25) is 4.79 Å². The van der Waals surface area contributed by atoms with Gasteiger partial charge in [0.05, 0.1) is 32.0 Å². The largest absolute Gasteiger partial charge is 0.395 e. The van der Waals surface area contributed by atoms with E-state index in [1.165, 1.54) is 0 Å². The van der Waals surface area contributed by atoms with Gasteiger partial charge in [0, 0.05) is 18.0 Å². The number of aliphatic hydroxyl groups is 1. The van der Waals surface area contributed by atoms with Crippen molar-refractivity contribution in [3.05, 3.63) is 34.3 Å². The highest BCUT2D eigenvalue weighted by molar-refractivity contribution is 7.09. The van der Waals surface area contributed by atoms with Gasteiger partial charge in [0.15, 0.2) is 5.69 Å². The highest BCUT2D eigenvalue weighted by atomic mass is 32.1. The average molecular weight is 336 g/mol. The summed E-state index contributed by atoms with van der Waals surface area (Å²) in [5.74, 6) is -0.217. The molecule has 0 aromatic carbocycles. The fourth-order valence-corrected chi connectivity index (χ4v) is 3.33. The first kappa shape index (κ1) is 16.1. The molecule has 124 valence electrons. The third-order valence-electron chi connectivity index (χ3n) is 3.76. The lowest BCUT2D eigenvalue weighted by molar-refractivity contribution is 0.0703. The van der Waals surface area contributed by atoms with Crippen molar-refractivity contribution in [3.8, 4) is 0 Å². The lowest BCUT2D eigenvalue weighted by Crippen LogP contribution is -2.33. The second-order valence-electron chi connectivity index (χ2n) is 5.49. The predicted octanol–water partition coefficient (Wildman–Crippen LogP) is 1.15. The number of aliphatic hydroxyl groups excluding tert-OH is 1. The van der Waals surface area contributed by atoms with Gasteiger partial charge in [0.25, 0.3) is 5.91 Å². The molecular formula is C15H20N4O3S. The molecule has 0 radical (unpaired) electrons. The molecule has 1 saturated heterocycles. The molecule has 3 rings (SSSR count). The Labute approximate surface area is 138 Å². The van der Waals surface area contributed by atoms with Crippen LogP contribution in [0.15, 0.2) is 23.7 Å². The third kappa shape index (κ3) is 4.15. The van der Waals surface area contributed by atoms with E-state index in [2.05, 4.69) is 10.3 Å². The zero-order valence-corrected chi connectivity index (χ0v) is 13.6. The molecule has 1 aliphatic rings. The first-order chi connectivity index (χ1) is 11.3. The summed E-state index contributed by atoms with van der Waals surface area (Å²) in [6, 6.07) is 3.91. The fourth-order valence-electron chi connectivity index (χ4n) is 2.61. The van der Waals surface area contributed by atoms with E-state index in [1.54, 1.807) is 27.1 Å². The molecule has 0 aliphatic carbocycles. The van der Waals surface area contributed by atoms with Crippen molar-refractivity contribution >= 4 is 17.2 Å². The van der Waals surface area contributed by atoms with Crippen molar-refractivity contribution in [2.45, 2.75) is 32.0 Å². The van der Waals surface area contributed by atoms with Crippen LogP contribution in [0.25, 0.3) is 0 Å². The van der Waals surface area contributed by atoms with Crippen molar-refractivity contribution in [2.75, 3.05) is 19.8 Å². The molecule has 23 heavy (non-hydrogen) atoms. The van der Waals surface area contributed by atoms with Gasteiger partial charge in [-0.15, -0.1) is 16.4 Å². The zero-order valence-electron chi connectivity index (χ0n) is 12.8. The van der Waals surface area contributed by atoms with Crippen molar-refractivity contribution in [3.63, 3.8) is 0 Å². The average Bonchev–Trinajstić information content (AvgIpc) is 3.29. The molecule has 1 N–H and O–H groups in total. The van der Waals surface area contributed by atoms with Crippen molar-refractivity contribution in [2.24, 2.45) is 0 Å². The standard InChI is InChI=1S/C15H20N4O3S/c20-6-5-18(10-13-4-2-8-23-13)15(21)14-11-19(17-16-14)9-12-3-1-7-22-12/h2,4,8,11-12,20H,1,3,5-7,9-10H2/t12-/m1/s1.